The fraction of sp³-hybridized carbons (Fsp3) is 0.381. The molecule has 1 heterocycles. The van der Waals surface area contributed by atoms with Crippen LogP contribution in [0.1, 0.15) is 51.3 Å². The number of nitriles is 1. The molecular weight excluding hydrogens is 358 g/mol. The van der Waals surface area contributed by atoms with Gasteiger partial charge in [0.1, 0.15) is 16.8 Å². The van der Waals surface area contributed by atoms with E-state index in [1.165, 1.54) is 11.8 Å². The molecule has 0 bridgehead atoms. The fourth-order valence-electron chi connectivity index (χ4n) is 2.43. The molecule has 1 aromatic heterocycles. The molecule has 1 atom stereocenters. The van der Waals surface area contributed by atoms with Crippen LogP contribution in [-0.4, -0.2) is 22.7 Å². The molecule has 1 aromatic carbocycles. The lowest BCUT2D eigenvalue weighted by molar-refractivity contribution is -0.115. The Labute approximate surface area is 165 Å². The van der Waals surface area contributed by atoms with Gasteiger partial charge in [0.25, 0.3) is 0 Å². The van der Waals surface area contributed by atoms with Crippen molar-refractivity contribution < 1.29 is 9.53 Å². The highest BCUT2D eigenvalue weighted by molar-refractivity contribution is 8.00. The Hall–Kier alpha value is -2.52. The van der Waals surface area contributed by atoms with Crippen molar-refractivity contribution in [1.82, 2.24) is 4.98 Å². The zero-order chi connectivity index (χ0) is 19.8. The number of ether oxygens (including phenoxy) is 1. The van der Waals surface area contributed by atoms with Crippen molar-refractivity contribution in [3.63, 3.8) is 0 Å². The average Bonchev–Trinajstić information content (AvgIpc) is 2.67. The van der Waals surface area contributed by atoms with E-state index in [2.05, 4.69) is 30.2 Å². The van der Waals surface area contributed by atoms with Crippen LogP contribution < -0.4 is 10.1 Å². The maximum atomic E-state index is 12.7. The lowest BCUT2D eigenvalue weighted by atomic mass is 10.1. The number of hydrogen-bond donors (Lipinski definition) is 1. The van der Waals surface area contributed by atoms with Gasteiger partial charge in [-0.2, -0.15) is 5.26 Å². The molecule has 6 heteroatoms. The van der Waals surface area contributed by atoms with Crippen LogP contribution in [0.3, 0.4) is 0 Å². The molecule has 0 aliphatic carbocycles. The van der Waals surface area contributed by atoms with Gasteiger partial charge >= 0.3 is 0 Å². The number of pyridine rings is 1. The van der Waals surface area contributed by atoms with E-state index in [1.807, 2.05) is 44.2 Å². The Morgan fingerprint density at radius 2 is 1.93 bits per heavy atom. The normalized spacial score (nSPS) is 11.7. The summed E-state index contributed by atoms with van der Waals surface area (Å²) in [5, 5.41) is 12.6. The van der Waals surface area contributed by atoms with Crippen LogP contribution in [0.5, 0.6) is 5.75 Å². The van der Waals surface area contributed by atoms with Gasteiger partial charge in [-0.05, 0) is 55.7 Å². The van der Waals surface area contributed by atoms with Crippen molar-refractivity contribution in [2.45, 2.75) is 50.3 Å². The number of carbonyl (C=O) groups is 1. The highest BCUT2D eigenvalue weighted by atomic mass is 32.2. The molecule has 1 N–H and O–H groups in total. The molecule has 5 nitrogen and oxygen atoms in total. The summed E-state index contributed by atoms with van der Waals surface area (Å²) >= 11 is 1.34. The van der Waals surface area contributed by atoms with Gasteiger partial charge in [0, 0.05) is 11.4 Å². The van der Waals surface area contributed by atoms with Crippen LogP contribution >= 0.6 is 11.8 Å². The van der Waals surface area contributed by atoms with Gasteiger partial charge in [0.05, 0.1) is 17.4 Å². The summed E-state index contributed by atoms with van der Waals surface area (Å²) in [6.07, 6.45) is 0.631. The van der Waals surface area contributed by atoms with Crippen molar-refractivity contribution >= 4 is 23.4 Å². The molecule has 2 rings (SSSR count). The van der Waals surface area contributed by atoms with Crippen LogP contribution in [-0.2, 0) is 4.79 Å². The van der Waals surface area contributed by atoms with Crippen molar-refractivity contribution in [2.75, 3.05) is 11.9 Å². The van der Waals surface area contributed by atoms with Gasteiger partial charge in [0.2, 0.25) is 5.91 Å². The Morgan fingerprint density at radius 1 is 1.22 bits per heavy atom. The SMILES string of the molecule is CCOc1ccc(NC(=O)C(CC)Sc2nc(C(C)C)ccc2C#N)cc1. The molecule has 1 amide bonds. The van der Waals surface area contributed by atoms with Crippen molar-refractivity contribution in [1.29, 1.82) is 5.26 Å². The first-order valence-electron chi connectivity index (χ1n) is 9.09. The van der Waals surface area contributed by atoms with Crippen LogP contribution in [0.4, 0.5) is 5.69 Å². The summed E-state index contributed by atoms with van der Waals surface area (Å²) in [6, 6.07) is 13.1. The van der Waals surface area contributed by atoms with Crippen LogP contribution in [0.15, 0.2) is 41.4 Å². The van der Waals surface area contributed by atoms with Crippen molar-refractivity contribution in [2.24, 2.45) is 0 Å². The third-order valence-electron chi connectivity index (χ3n) is 3.94. The highest BCUT2D eigenvalue weighted by Gasteiger charge is 2.21. The standard InChI is InChI=1S/C21H25N3O2S/c1-5-19(20(25)23-16-8-10-17(11-9-16)26-6-2)27-21-15(13-22)7-12-18(24-21)14(3)4/h7-12,14,19H,5-6H2,1-4H3,(H,23,25). The third kappa shape index (κ3) is 5.73. The van der Waals surface area contributed by atoms with E-state index in [0.717, 1.165) is 11.4 Å². The number of thioether (sulfide) groups is 1. The van der Waals surface area contributed by atoms with Gasteiger partial charge in [0.15, 0.2) is 0 Å². The summed E-state index contributed by atoms with van der Waals surface area (Å²) in [4.78, 5) is 17.3. The first-order chi connectivity index (χ1) is 13.0. The third-order valence-corrected chi connectivity index (χ3v) is 5.31. The maximum Gasteiger partial charge on any atom is 0.237 e. The van der Waals surface area contributed by atoms with E-state index in [9.17, 15) is 10.1 Å². The lowest BCUT2D eigenvalue weighted by Crippen LogP contribution is -2.24. The molecule has 0 aliphatic heterocycles. The first-order valence-corrected chi connectivity index (χ1v) is 9.97. The number of anilines is 1. The van der Waals surface area contributed by atoms with Crippen LogP contribution in [0.2, 0.25) is 0 Å². The van der Waals surface area contributed by atoms with E-state index < -0.39 is 0 Å². The van der Waals surface area contributed by atoms with Crippen molar-refractivity contribution in [3.05, 3.63) is 47.7 Å². The number of nitrogens with zero attached hydrogens (tertiary/aromatic N) is 2. The largest absolute Gasteiger partial charge is 0.494 e. The maximum absolute atomic E-state index is 12.7. The van der Waals surface area contributed by atoms with Gasteiger partial charge in [-0.1, -0.05) is 32.5 Å². The molecular formula is C21H25N3O2S. The van der Waals surface area contributed by atoms with Gasteiger partial charge < -0.3 is 10.1 Å². The zero-order valence-electron chi connectivity index (χ0n) is 16.2. The lowest BCUT2D eigenvalue weighted by Gasteiger charge is -2.16. The summed E-state index contributed by atoms with van der Waals surface area (Å²) in [5.41, 5.74) is 2.13. The molecule has 27 heavy (non-hydrogen) atoms. The molecule has 1 unspecified atom stereocenters. The predicted molar refractivity (Wildman–Crippen MR) is 109 cm³/mol. The molecule has 0 fully saturated rings. The van der Waals surface area contributed by atoms with Crippen molar-refractivity contribution in [3.8, 4) is 11.8 Å². The second kappa shape index (κ2) is 9.98. The Kier molecular flexibility index (Phi) is 7.68. The van der Waals surface area contributed by atoms with Gasteiger partial charge in [-0.15, -0.1) is 0 Å². The minimum atomic E-state index is -0.335. The number of aromatic nitrogens is 1. The Morgan fingerprint density at radius 3 is 2.48 bits per heavy atom. The average molecular weight is 384 g/mol. The summed E-state index contributed by atoms with van der Waals surface area (Å²) in [5.74, 6) is 0.924. The van der Waals surface area contributed by atoms with E-state index in [4.69, 9.17) is 4.74 Å². The number of benzene rings is 1. The minimum absolute atomic E-state index is 0.104. The van der Waals surface area contributed by atoms with E-state index >= 15 is 0 Å². The summed E-state index contributed by atoms with van der Waals surface area (Å²) < 4.78 is 5.41. The molecule has 0 aliphatic rings. The fourth-order valence-corrected chi connectivity index (χ4v) is 3.43. The zero-order valence-corrected chi connectivity index (χ0v) is 17.0. The van der Waals surface area contributed by atoms with E-state index in [-0.39, 0.29) is 17.1 Å². The molecule has 0 saturated carbocycles. The highest BCUT2D eigenvalue weighted by Crippen LogP contribution is 2.29. The summed E-state index contributed by atoms with van der Waals surface area (Å²) in [7, 11) is 0. The predicted octanol–water partition coefficient (Wildman–Crippen LogP) is 4.98. The first kappa shape index (κ1) is 20.8. The molecule has 0 radical (unpaired) electrons. The quantitative estimate of drug-likeness (QED) is 0.650. The second-order valence-electron chi connectivity index (χ2n) is 6.32. The number of hydrogen-bond acceptors (Lipinski definition) is 5. The van der Waals surface area contributed by atoms with E-state index in [1.54, 1.807) is 6.07 Å². The van der Waals surface area contributed by atoms with Crippen LogP contribution in [0, 0.1) is 11.3 Å². The Bertz CT molecular complexity index is 813. The molecule has 0 saturated heterocycles. The molecule has 0 spiro atoms. The number of carbonyl (C=O) groups excluding carboxylic acids is 1. The smallest absolute Gasteiger partial charge is 0.237 e. The van der Waals surface area contributed by atoms with Crippen LogP contribution in [0.25, 0.3) is 0 Å². The summed E-state index contributed by atoms with van der Waals surface area (Å²) in [6.45, 7) is 8.59. The second-order valence-corrected chi connectivity index (χ2v) is 7.51. The van der Waals surface area contributed by atoms with Gasteiger partial charge in [-0.3, -0.25) is 4.79 Å². The number of nitrogens with one attached hydrogen (secondary N) is 1. The van der Waals surface area contributed by atoms with E-state index in [0.29, 0.717) is 29.3 Å². The molecule has 2 aromatic rings. The molecule has 142 valence electrons. The monoisotopic (exact) mass is 383 g/mol. The minimum Gasteiger partial charge on any atom is -0.494 e. The topological polar surface area (TPSA) is 75.0 Å². The van der Waals surface area contributed by atoms with Gasteiger partial charge in [-0.25, -0.2) is 4.98 Å². The number of rotatable bonds is 8. The Balaban J connectivity index is 2.13. The number of amides is 1.